The van der Waals surface area contributed by atoms with Gasteiger partial charge in [-0.15, -0.1) is 0 Å². The number of morpholine rings is 1. The highest BCUT2D eigenvalue weighted by Crippen LogP contribution is 2.32. The summed E-state index contributed by atoms with van der Waals surface area (Å²) >= 11 is 0. The summed E-state index contributed by atoms with van der Waals surface area (Å²) in [7, 11) is 1.74. The summed E-state index contributed by atoms with van der Waals surface area (Å²) in [6.45, 7) is 8.58. The van der Waals surface area contributed by atoms with Crippen molar-refractivity contribution in [2.45, 2.75) is 77.3 Å². The minimum absolute atomic E-state index is 0.0545. The Morgan fingerprint density at radius 2 is 1.85 bits per heavy atom. The van der Waals surface area contributed by atoms with Crippen LogP contribution in [0.4, 0.5) is 4.79 Å². The largest absolute Gasteiger partial charge is 0.444 e. The number of amides is 2. The number of benzene rings is 2. The average Bonchev–Trinajstić information content (AvgIpc) is 3.74. The predicted octanol–water partition coefficient (Wildman–Crippen LogP) is 5.40. The Hall–Kier alpha value is -3.36. The number of aromatic nitrogens is 1. The lowest BCUT2D eigenvalue weighted by Crippen LogP contribution is -2.53. The van der Waals surface area contributed by atoms with Crippen molar-refractivity contribution in [2.24, 2.45) is 0 Å². The Balaban J connectivity index is 1.35. The van der Waals surface area contributed by atoms with E-state index in [-0.39, 0.29) is 18.5 Å². The topological polar surface area (TPSA) is 73.2 Å². The highest BCUT2D eigenvalue weighted by Gasteiger charge is 2.39. The summed E-state index contributed by atoms with van der Waals surface area (Å²) < 4.78 is 19.1. The van der Waals surface area contributed by atoms with E-state index in [1.54, 1.807) is 12.0 Å². The molecule has 5 rings (SSSR count). The van der Waals surface area contributed by atoms with Crippen LogP contribution in [0.25, 0.3) is 10.9 Å². The first kappa shape index (κ1) is 29.1. The van der Waals surface area contributed by atoms with Crippen molar-refractivity contribution in [3.05, 3.63) is 71.4 Å². The van der Waals surface area contributed by atoms with Crippen LogP contribution in [0.2, 0.25) is 0 Å². The van der Waals surface area contributed by atoms with Crippen LogP contribution in [0.1, 0.15) is 56.7 Å². The van der Waals surface area contributed by atoms with Gasteiger partial charge in [0.1, 0.15) is 5.60 Å². The van der Waals surface area contributed by atoms with Gasteiger partial charge < -0.3 is 28.6 Å². The molecule has 41 heavy (non-hydrogen) atoms. The molecule has 1 saturated heterocycles. The predicted molar refractivity (Wildman–Crippen MR) is 159 cm³/mol. The monoisotopic (exact) mass is 561 g/mol. The molecule has 2 aliphatic rings. The number of nitrogens with zero attached hydrogens (tertiary/aromatic N) is 3. The van der Waals surface area contributed by atoms with Crippen LogP contribution in [0, 0.1) is 0 Å². The molecular weight excluding hydrogens is 518 g/mol. The van der Waals surface area contributed by atoms with Gasteiger partial charge in [0.2, 0.25) is 0 Å². The molecule has 2 heterocycles. The number of carbonyl (C=O) groups excluding carboxylic acids is 2. The molecular formula is C33H43N3O5. The molecule has 0 bridgehead atoms. The molecule has 0 N–H and O–H groups in total. The molecule has 0 radical (unpaired) electrons. The number of hydrogen-bond acceptors (Lipinski definition) is 5. The number of methoxy groups -OCH3 is 1. The summed E-state index contributed by atoms with van der Waals surface area (Å²) in [6.07, 6.45) is 4.96. The van der Waals surface area contributed by atoms with Crippen LogP contribution in [0.3, 0.4) is 0 Å². The lowest BCUT2D eigenvalue weighted by Gasteiger charge is -2.36. The molecule has 1 aliphatic heterocycles. The molecule has 1 aromatic heterocycles. The Morgan fingerprint density at radius 3 is 2.56 bits per heavy atom. The Morgan fingerprint density at radius 1 is 1.07 bits per heavy atom. The van der Waals surface area contributed by atoms with E-state index in [1.165, 1.54) is 22.0 Å². The van der Waals surface area contributed by atoms with Gasteiger partial charge in [-0.3, -0.25) is 4.79 Å². The van der Waals surface area contributed by atoms with E-state index in [4.69, 9.17) is 14.2 Å². The molecule has 2 fully saturated rings. The van der Waals surface area contributed by atoms with Gasteiger partial charge in [0, 0.05) is 56.5 Å². The van der Waals surface area contributed by atoms with Gasteiger partial charge in [-0.05, 0) is 69.2 Å². The van der Waals surface area contributed by atoms with Gasteiger partial charge in [-0.25, -0.2) is 4.79 Å². The zero-order chi connectivity index (χ0) is 29.0. The van der Waals surface area contributed by atoms with Gasteiger partial charge in [-0.1, -0.05) is 42.5 Å². The standard InChI is InChI=1S/C33H43N3O5/c1-33(2,3)41-32(38)35-16-18-40-30(23-35)31(37)36(27-12-13-27)21-25-11-14-28-26(19-24-9-6-5-7-10-24)22-34(29(28)20-25)15-8-17-39-4/h5-7,9-11,14,20,22,27,30H,8,12-13,15-19,21,23H2,1-4H3/t30-/m1/s1. The fourth-order valence-corrected chi connectivity index (χ4v) is 5.48. The van der Waals surface area contributed by atoms with Crippen LogP contribution >= 0.6 is 0 Å². The molecule has 220 valence electrons. The highest BCUT2D eigenvalue weighted by atomic mass is 16.6. The molecule has 2 amide bonds. The smallest absolute Gasteiger partial charge is 0.410 e. The van der Waals surface area contributed by atoms with Crippen molar-refractivity contribution in [3.8, 4) is 0 Å². The van der Waals surface area contributed by atoms with Crippen LogP contribution in [0.15, 0.2) is 54.7 Å². The van der Waals surface area contributed by atoms with Crippen molar-refractivity contribution in [2.75, 3.05) is 33.4 Å². The summed E-state index contributed by atoms with van der Waals surface area (Å²) in [5.41, 5.74) is 4.26. The first-order chi connectivity index (χ1) is 19.7. The molecule has 8 nitrogen and oxygen atoms in total. The number of aryl methyl sites for hydroxylation is 1. The van der Waals surface area contributed by atoms with Gasteiger partial charge in [-0.2, -0.15) is 0 Å². The van der Waals surface area contributed by atoms with Gasteiger partial charge >= 0.3 is 6.09 Å². The average molecular weight is 562 g/mol. The van der Waals surface area contributed by atoms with Gasteiger partial charge in [0.15, 0.2) is 6.10 Å². The zero-order valence-corrected chi connectivity index (χ0v) is 24.8. The first-order valence-corrected chi connectivity index (χ1v) is 14.8. The Bertz CT molecular complexity index is 1340. The van der Waals surface area contributed by atoms with Gasteiger partial charge in [0.25, 0.3) is 5.91 Å². The summed E-state index contributed by atoms with van der Waals surface area (Å²) in [4.78, 5) is 30.0. The van der Waals surface area contributed by atoms with E-state index < -0.39 is 17.8 Å². The highest BCUT2D eigenvalue weighted by molar-refractivity contribution is 5.86. The quantitative estimate of drug-likeness (QED) is 0.310. The van der Waals surface area contributed by atoms with E-state index in [0.29, 0.717) is 26.3 Å². The normalized spacial score (nSPS) is 17.6. The van der Waals surface area contributed by atoms with Crippen molar-refractivity contribution in [1.29, 1.82) is 0 Å². The maximum absolute atomic E-state index is 13.8. The number of carbonyl (C=O) groups is 2. The number of hydrogen-bond donors (Lipinski definition) is 0. The van der Waals surface area contributed by atoms with Gasteiger partial charge in [0.05, 0.1) is 13.2 Å². The van der Waals surface area contributed by atoms with Crippen LogP contribution < -0.4 is 0 Å². The molecule has 2 aromatic carbocycles. The van der Waals surface area contributed by atoms with Crippen LogP contribution in [0.5, 0.6) is 0 Å². The third-order valence-corrected chi connectivity index (χ3v) is 7.63. The summed E-state index contributed by atoms with van der Waals surface area (Å²) in [5, 5.41) is 1.24. The maximum Gasteiger partial charge on any atom is 0.410 e. The molecule has 0 spiro atoms. The zero-order valence-electron chi connectivity index (χ0n) is 24.8. The molecule has 0 unspecified atom stereocenters. The Labute approximate surface area is 243 Å². The lowest BCUT2D eigenvalue weighted by molar-refractivity contribution is -0.150. The van der Waals surface area contributed by atoms with Crippen molar-refractivity contribution < 1.29 is 23.8 Å². The number of rotatable bonds is 10. The third kappa shape index (κ3) is 7.49. The molecule has 1 atom stereocenters. The summed E-state index contributed by atoms with van der Waals surface area (Å²) in [5.74, 6) is -0.0545. The molecule has 1 aliphatic carbocycles. The van der Waals surface area contributed by atoms with Crippen molar-refractivity contribution in [1.82, 2.24) is 14.4 Å². The second-order valence-corrected chi connectivity index (χ2v) is 12.2. The second-order valence-electron chi connectivity index (χ2n) is 12.2. The fourth-order valence-electron chi connectivity index (χ4n) is 5.48. The Kier molecular flexibility index (Phi) is 9.00. The molecule has 1 saturated carbocycles. The van der Waals surface area contributed by atoms with E-state index in [9.17, 15) is 9.59 Å². The third-order valence-electron chi connectivity index (χ3n) is 7.63. The second kappa shape index (κ2) is 12.7. The summed E-state index contributed by atoms with van der Waals surface area (Å²) in [6, 6.07) is 17.3. The first-order valence-electron chi connectivity index (χ1n) is 14.8. The molecule has 8 heteroatoms. The van der Waals surface area contributed by atoms with E-state index in [2.05, 4.69) is 53.2 Å². The van der Waals surface area contributed by atoms with Crippen molar-refractivity contribution >= 4 is 22.9 Å². The van der Waals surface area contributed by atoms with Crippen LogP contribution in [-0.2, 0) is 38.5 Å². The van der Waals surface area contributed by atoms with E-state index in [1.807, 2.05) is 31.7 Å². The minimum atomic E-state index is -0.684. The molecule has 3 aromatic rings. The van der Waals surface area contributed by atoms with Crippen LogP contribution in [-0.4, -0.2) is 77.5 Å². The SMILES string of the molecule is COCCCn1cc(Cc2ccccc2)c2ccc(CN(C(=O)[C@H]3CN(C(=O)OC(C)(C)C)CCO3)C3CC3)cc21. The maximum atomic E-state index is 13.8. The van der Waals surface area contributed by atoms with E-state index in [0.717, 1.165) is 37.8 Å². The lowest BCUT2D eigenvalue weighted by atomic mass is 10.0. The number of ether oxygens (including phenoxy) is 3. The number of fused-ring (bicyclic) bond motifs is 1. The fraction of sp³-hybridized carbons (Fsp3) is 0.515. The minimum Gasteiger partial charge on any atom is -0.444 e. The van der Waals surface area contributed by atoms with Crippen molar-refractivity contribution in [3.63, 3.8) is 0 Å². The van der Waals surface area contributed by atoms with E-state index >= 15 is 0 Å².